The third-order valence-electron chi connectivity index (χ3n) is 5.81. The number of carbonyl (C=O) groups is 1. The molecule has 0 aliphatic rings. The van der Waals surface area contributed by atoms with Crippen molar-refractivity contribution in [3.63, 3.8) is 0 Å². The molecule has 0 bridgehead atoms. The van der Waals surface area contributed by atoms with Gasteiger partial charge in [-0.15, -0.1) is 11.3 Å². The van der Waals surface area contributed by atoms with Crippen LogP contribution in [0, 0.1) is 6.92 Å². The Hall–Kier alpha value is -2.83. The van der Waals surface area contributed by atoms with Gasteiger partial charge in [0.05, 0.1) is 22.9 Å². The van der Waals surface area contributed by atoms with Crippen LogP contribution in [0.5, 0.6) is 5.75 Å². The molecule has 1 heterocycles. The Morgan fingerprint density at radius 1 is 1.05 bits per heavy atom. The van der Waals surface area contributed by atoms with Crippen LogP contribution in [0.4, 0.5) is 26.3 Å². The van der Waals surface area contributed by atoms with Crippen LogP contribution in [0.3, 0.4) is 0 Å². The quantitative estimate of drug-likeness (QED) is 0.125. The monoisotopic (exact) mass is 608 g/mol. The van der Waals surface area contributed by atoms with Gasteiger partial charge in [0.2, 0.25) is 0 Å². The number of hydrogen-bond acceptors (Lipinski definition) is 6. The normalized spacial score (nSPS) is 12.6. The summed E-state index contributed by atoms with van der Waals surface area (Å²) in [7, 11) is 0. The van der Waals surface area contributed by atoms with E-state index in [1.807, 2.05) is 0 Å². The third-order valence-corrected chi connectivity index (χ3v) is 7.30. The molecule has 0 aliphatic carbocycles. The van der Waals surface area contributed by atoms with E-state index >= 15 is 0 Å². The van der Waals surface area contributed by atoms with Crippen molar-refractivity contribution in [1.29, 1.82) is 0 Å². The van der Waals surface area contributed by atoms with E-state index in [4.69, 9.17) is 21.1 Å². The summed E-state index contributed by atoms with van der Waals surface area (Å²) in [5.41, 5.74) is -1.07. The maximum Gasteiger partial charge on any atom is 0.416 e. The number of aryl methyl sites for hydroxylation is 1. The van der Waals surface area contributed by atoms with Gasteiger partial charge >= 0.3 is 18.2 Å². The number of alkyl halides is 6. The van der Waals surface area contributed by atoms with Gasteiger partial charge in [-0.3, -0.25) is 0 Å². The minimum atomic E-state index is -4.49. The predicted octanol–water partition coefficient (Wildman–Crippen LogP) is 8.08. The van der Waals surface area contributed by atoms with Crippen molar-refractivity contribution in [1.82, 2.24) is 9.88 Å². The lowest BCUT2D eigenvalue weighted by Crippen LogP contribution is -2.42. The first-order chi connectivity index (χ1) is 18.6. The van der Waals surface area contributed by atoms with Crippen molar-refractivity contribution < 1.29 is 40.6 Å². The lowest BCUT2D eigenvalue weighted by atomic mass is 10.1. The summed E-state index contributed by atoms with van der Waals surface area (Å²) in [6, 6.07) is 4.79. The minimum Gasteiger partial charge on any atom is -0.475 e. The molecule has 218 valence electrons. The van der Waals surface area contributed by atoms with Crippen molar-refractivity contribution in [2.24, 2.45) is 0 Å². The number of thiazole rings is 1. The molecule has 0 saturated carbocycles. The lowest BCUT2D eigenvalue weighted by Gasteiger charge is -2.29. The van der Waals surface area contributed by atoms with E-state index in [2.05, 4.69) is 4.98 Å². The molecule has 40 heavy (non-hydrogen) atoms. The molecule has 2 aromatic carbocycles. The van der Waals surface area contributed by atoms with E-state index in [-0.39, 0.29) is 23.9 Å². The molecule has 0 aliphatic heterocycles. The molecule has 1 aromatic heterocycles. The number of rotatable bonds is 11. The fourth-order valence-corrected chi connectivity index (χ4v) is 4.94. The van der Waals surface area contributed by atoms with Crippen molar-refractivity contribution in [2.45, 2.75) is 58.6 Å². The second-order valence-electron chi connectivity index (χ2n) is 9.36. The Labute approximate surface area is 236 Å². The standard InChI is InChI=1S/C27H27ClF6N2O3S/c1-5-38-24(37)25(3,4)39-21-11-6-17(12-20(21)28)13-36(26(30,31)15-29)14-22-16(2)35-23(40-22)18-7-9-19(10-8-18)27(32,33)34/h6-12H,5,13-15H2,1-4H3. The van der Waals surface area contributed by atoms with Crippen LogP contribution in [0.2, 0.25) is 5.02 Å². The zero-order chi connectivity index (χ0) is 29.9. The Bertz CT molecular complexity index is 1330. The van der Waals surface area contributed by atoms with Crippen LogP contribution in [0.15, 0.2) is 42.5 Å². The second-order valence-corrected chi connectivity index (χ2v) is 10.8. The van der Waals surface area contributed by atoms with Gasteiger partial charge in [0, 0.05) is 23.5 Å². The van der Waals surface area contributed by atoms with Crippen LogP contribution < -0.4 is 4.74 Å². The van der Waals surface area contributed by atoms with Crippen molar-refractivity contribution in [3.8, 4) is 16.3 Å². The minimum absolute atomic E-state index is 0.0527. The van der Waals surface area contributed by atoms with Gasteiger partial charge in [0.1, 0.15) is 10.8 Å². The first-order valence-electron chi connectivity index (χ1n) is 12.0. The van der Waals surface area contributed by atoms with E-state index in [1.165, 1.54) is 44.2 Å². The number of hydrogen-bond donors (Lipinski definition) is 0. The molecular weight excluding hydrogens is 582 g/mol. The maximum absolute atomic E-state index is 14.7. The van der Waals surface area contributed by atoms with E-state index in [0.717, 1.165) is 23.5 Å². The Morgan fingerprint density at radius 3 is 2.25 bits per heavy atom. The molecule has 3 rings (SSSR count). The summed E-state index contributed by atoms with van der Waals surface area (Å²) in [5, 5.41) is 0.399. The molecule has 13 heteroatoms. The smallest absolute Gasteiger partial charge is 0.416 e. The molecule has 3 aromatic rings. The summed E-state index contributed by atoms with van der Waals surface area (Å²) in [4.78, 5) is 17.5. The van der Waals surface area contributed by atoms with E-state index < -0.39 is 42.6 Å². The van der Waals surface area contributed by atoms with Gasteiger partial charge < -0.3 is 9.47 Å². The highest BCUT2D eigenvalue weighted by atomic mass is 35.5. The number of nitrogens with zero attached hydrogens (tertiary/aromatic N) is 2. The molecule has 0 fully saturated rings. The fourth-order valence-electron chi connectivity index (χ4n) is 3.61. The van der Waals surface area contributed by atoms with Crippen molar-refractivity contribution >= 4 is 28.9 Å². The Morgan fingerprint density at radius 2 is 1.70 bits per heavy atom. The topological polar surface area (TPSA) is 51.7 Å². The number of halogens is 7. The van der Waals surface area contributed by atoms with E-state index in [1.54, 1.807) is 13.8 Å². The summed E-state index contributed by atoms with van der Waals surface area (Å²) in [6.45, 7) is 3.65. The van der Waals surface area contributed by atoms with E-state index in [9.17, 15) is 31.1 Å². The van der Waals surface area contributed by atoms with Gasteiger partial charge in [0.25, 0.3) is 0 Å². The first-order valence-corrected chi connectivity index (χ1v) is 13.2. The highest BCUT2D eigenvalue weighted by Crippen LogP contribution is 2.36. The zero-order valence-electron chi connectivity index (χ0n) is 22.0. The number of carbonyl (C=O) groups excluding carboxylic acids is 1. The molecule has 5 nitrogen and oxygen atoms in total. The number of benzene rings is 2. The summed E-state index contributed by atoms with van der Waals surface area (Å²) >= 11 is 7.34. The Balaban J connectivity index is 1.82. The lowest BCUT2D eigenvalue weighted by molar-refractivity contribution is -0.167. The Kier molecular flexibility index (Phi) is 9.79. The molecule has 0 saturated heterocycles. The van der Waals surface area contributed by atoms with Gasteiger partial charge in [-0.1, -0.05) is 29.8 Å². The van der Waals surface area contributed by atoms with Crippen LogP contribution in [0.25, 0.3) is 10.6 Å². The average molecular weight is 609 g/mol. The van der Waals surface area contributed by atoms with Gasteiger partial charge in [-0.2, -0.15) is 22.0 Å². The van der Waals surface area contributed by atoms with Crippen molar-refractivity contribution in [2.75, 3.05) is 13.3 Å². The molecule has 0 unspecified atom stereocenters. The predicted molar refractivity (Wildman–Crippen MR) is 140 cm³/mol. The van der Waals surface area contributed by atoms with Gasteiger partial charge in [-0.25, -0.2) is 19.1 Å². The van der Waals surface area contributed by atoms with E-state index in [0.29, 0.717) is 31.6 Å². The number of aromatic nitrogens is 1. The number of ether oxygens (including phenoxy) is 2. The van der Waals surface area contributed by atoms with Gasteiger partial charge in [0.15, 0.2) is 12.3 Å². The first kappa shape index (κ1) is 31.7. The zero-order valence-corrected chi connectivity index (χ0v) is 23.6. The summed E-state index contributed by atoms with van der Waals surface area (Å²) in [5.74, 6) is -0.480. The molecular formula is C27H27ClF6N2O3S. The molecule has 0 atom stereocenters. The maximum atomic E-state index is 14.7. The van der Waals surface area contributed by atoms with Crippen molar-refractivity contribution in [3.05, 3.63) is 69.2 Å². The highest BCUT2D eigenvalue weighted by Gasteiger charge is 2.38. The summed E-state index contributed by atoms with van der Waals surface area (Å²) < 4.78 is 92.1. The van der Waals surface area contributed by atoms with Crippen LogP contribution in [-0.2, 0) is 28.8 Å². The highest BCUT2D eigenvalue weighted by molar-refractivity contribution is 7.15. The number of esters is 1. The second kappa shape index (κ2) is 12.4. The molecule has 0 radical (unpaired) electrons. The van der Waals surface area contributed by atoms with Crippen LogP contribution in [0.1, 0.15) is 42.5 Å². The molecule has 0 amide bonds. The van der Waals surface area contributed by atoms with Crippen LogP contribution >= 0.6 is 22.9 Å². The largest absolute Gasteiger partial charge is 0.475 e. The molecule has 0 N–H and O–H groups in total. The fraction of sp³-hybridized carbons (Fsp3) is 0.407. The average Bonchev–Trinajstić information content (AvgIpc) is 3.25. The third kappa shape index (κ3) is 7.67. The SMILES string of the molecule is CCOC(=O)C(C)(C)Oc1ccc(CN(Cc2sc(-c3ccc(C(F)(F)F)cc3)nc2C)C(F)(F)CF)cc1Cl. The van der Waals surface area contributed by atoms with Gasteiger partial charge in [-0.05, 0) is 57.5 Å². The van der Waals surface area contributed by atoms with Crippen LogP contribution in [-0.4, -0.2) is 40.8 Å². The molecule has 0 spiro atoms. The summed E-state index contributed by atoms with van der Waals surface area (Å²) in [6.07, 6.45) is -4.49.